The van der Waals surface area contributed by atoms with Crippen molar-refractivity contribution < 1.29 is 47.4 Å². The van der Waals surface area contributed by atoms with E-state index in [4.69, 9.17) is 47.4 Å². The van der Waals surface area contributed by atoms with Gasteiger partial charge in [-0.3, -0.25) is 0 Å². The molecule has 1 saturated carbocycles. The molecule has 1 aliphatic carbocycles. The highest BCUT2D eigenvalue weighted by Gasteiger charge is 2.51. The molecule has 3 fully saturated rings. The van der Waals surface area contributed by atoms with Crippen molar-refractivity contribution >= 4 is 0 Å². The maximum atomic E-state index is 6.63. The summed E-state index contributed by atoms with van der Waals surface area (Å²) in [6.07, 6.45) is 3.91. The van der Waals surface area contributed by atoms with E-state index < -0.39 is 34.3 Å². The monoisotopic (exact) mass is 985 g/mol. The number of benzene rings is 5. The Hall–Kier alpha value is -4.30. The maximum absolute atomic E-state index is 6.63. The van der Waals surface area contributed by atoms with Crippen LogP contribution in [0.2, 0.25) is 0 Å². The third-order valence-corrected chi connectivity index (χ3v) is 16.8. The van der Waals surface area contributed by atoms with Gasteiger partial charge < -0.3 is 47.4 Å². The second-order valence-corrected chi connectivity index (χ2v) is 22.5. The third kappa shape index (κ3) is 11.2. The number of methoxy groups -OCH3 is 3. The molecule has 388 valence electrons. The quantitative estimate of drug-likeness (QED) is 0.0702. The van der Waals surface area contributed by atoms with E-state index in [1.54, 1.807) is 21.3 Å². The van der Waals surface area contributed by atoms with Gasteiger partial charge in [0.25, 0.3) is 0 Å². The highest BCUT2D eigenvalue weighted by molar-refractivity contribution is 5.71. The van der Waals surface area contributed by atoms with Crippen molar-refractivity contribution in [1.29, 1.82) is 0 Å². The van der Waals surface area contributed by atoms with Gasteiger partial charge in [-0.1, -0.05) is 128 Å². The van der Waals surface area contributed by atoms with Crippen molar-refractivity contribution in [2.75, 3.05) is 41.7 Å². The highest BCUT2D eigenvalue weighted by atomic mass is 16.8. The summed E-state index contributed by atoms with van der Waals surface area (Å²) in [6, 6.07) is 43.6. The minimum Gasteiger partial charge on any atom is -0.359 e. The van der Waals surface area contributed by atoms with Crippen molar-refractivity contribution in [3.05, 3.63) is 155 Å². The van der Waals surface area contributed by atoms with E-state index in [1.807, 2.05) is 0 Å². The minimum absolute atomic E-state index is 0.190. The second-order valence-electron chi connectivity index (χ2n) is 22.5. The number of rotatable bonds is 20. The summed E-state index contributed by atoms with van der Waals surface area (Å²) in [5, 5.41) is 0. The second kappa shape index (κ2) is 21.5. The van der Waals surface area contributed by atoms with Crippen LogP contribution in [0.15, 0.2) is 121 Å². The predicted octanol–water partition coefficient (Wildman–Crippen LogP) is 14.6. The maximum Gasteiger partial charge on any atom is 0.185 e. The summed E-state index contributed by atoms with van der Waals surface area (Å²) < 4.78 is 61.4. The molecule has 0 spiro atoms. The highest BCUT2D eigenvalue weighted by Crippen LogP contribution is 2.51. The van der Waals surface area contributed by atoms with Crippen LogP contribution in [0.5, 0.6) is 0 Å². The molecule has 3 aliphatic rings. The zero-order chi connectivity index (χ0) is 51.6. The first-order valence-corrected chi connectivity index (χ1v) is 25.8. The summed E-state index contributed by atoms with van der Waals surface area (Å²) in [4.78, 5) is 0. The Balaban J connectivity index is 0.912. The van der Waals surface area contributed by atoms with Gasteiger partial charge in [0, 0.05) is 32.5 Å². The van der Waals surface area contributed by atoms with Gasteiger partial charge >= 0.3 is 0 Å². The van der Waals surface area contributed by atoms with Crippen molar-refractivity contribution in [2.45, 2.75) is 165 Å². The fraction of sp³-hybridized carbons (Fsp3) is 0.516. The molecule has 10 nitrogen and oxygen atoms in total. The number of hydrogen-bond donors (Lipinski definition) is 0. The fourth-order valence-electron chi connectivity index (χ4n) is 10.3. The van der Waals surface area contributed by atoms with Crippen LogP contribution >= 0.6 is 0 Å². The van der Waals surface area contributed by atoms with Gasteiger partial charge in [-0.25, -0.2) is 0 Å². The molecule has 0 N–H and O–H groups in total. The van der Waals surface area contributed by atoms with Crippen molar-refractivity contribution in [3.63, 3.8) is 0 Å². The Labute approximate surface area is 429 Å². The average molecular weight is 985 g/mol. The standard InChI is InChI=1S/C62H80O10/c1-43(44-14-20-49(21-15-44)54-69-56(2,3)57(4,5)70-54)34-35-60(10,66-40-63-11)51-28-22-47(23-29-51)45-16-18-46(19-17-45)48-24-30-52(31-25-48)61(67-41-64-12)36-38-62(39-37-61,68-42-65-13)53-32-26-50(27-33-53)55-71-58(6,7)59(8,9)72-55/h14-33,43,54-55H,34-42H2,1-13H3. The molecule has 2 atom stereocenters. The van der Waals surface area contributed by atoms with Gasteiger partial charge in [-0.2, -0.15) is 0 Å². The fourth-order valence-corrected chi connectivity index (χ4v) is 10.3. The first-order valence-electron chi connectivity index (χ1n) is 25.8. The van der Waals surface area contributed by atoms with E-state index in [0.29, 0.717) is 5.92 Å². The van der Waals surface area contributed by atoms with Crippen molar-refractivity contribution in [2.24, 2.45) is 0 Å². The Morgan fingerprint density at radius 1 is 0.472 bits per heavy atom. The van der Waals surface area contributed by atoms with Crippen LogP contribution in [-0.2, 0) is 64.2 Å². The molecule has 2 saturated heterocycles. The van der Waals surface area contributed by atoms with Crippen LogP contribution in [0.1, 0.15) is 160 Å². The number of hydrogen-bond acceptors (Lipinski definition) is 10. The van der Waals surface area contributed by atoms with Crippen molar-refractivity contribution in [1.82, 2.24) is 0 Å². The lowest BCUT2D eigenvalue weighted by Gasteiger charge is -2.46. The SMILES string of the molecule is COCOC(C)(CCC(C)c1ccc(C2OC(C)(C)C(C)(C)O2)cc1)c1ccc(-c2ccc(-c3ccc(C4(OCOC)CCC(OCOC)(c5ccc(C6OC(C)(C)C(C)(C)O6)cc5)CC4)cc3)cc2)cc1. The van der Waals surface area contributed by atoms with Gasteiger partial charge in [0.15, 0.2) is 12.6 Å². The molecule has 0 bridgehead atoms. The van der Waals surface area contributed by atoms with Crippen LogP contribution in [-0.4, -0.2) is 64.1 Å². The zero-order valence-corrected chi connectivity index (χ0v) is 45.2. The van der Waals surface area contributed by atoms with Gasteiger partial charge in [-0.05, 0) is 151 Å². The largest absolute Gasteiger partial charge is 0.359 e. The Bertz CT molecular complexity index is 2490. The van der Waals surface area contributed by atoms with Crippen molar-refractivity contribution in [3.8, 4) is 22.3 Å². The smallest absolute Gasteiger partial charge is 0.185 e. The van der Waals surface area contributed by atoms with E-state index in [9.17, 15) is 0 Å². The first kappa shape index (κ1) is 54.0. The molecule has 72 heavy (non-hydrogen) atoms. The predicted molar refractivity (Wildman–Crippen MR) is 282 cm³/mol. The summed E-state index contributed by atoms with van der Waals surface area (Å²) >= 11 is 0. The van der Waals surface area contributed by atoms with Crippen LogP contribution in [0.4, 0.5) is 0 Å². The first-order chi connectivity index (χ1) is 34.2. The summed E-state index contributed by atoms with van der Waals surface area (Å²) in [5.41, 5.74) is 8.03. The van der Waals surface area contributed by atoms with E-state index in [1.165, 1.54) is 5.56 Å². The van der Waals surface area contributed by atoms with Gasteiger partial charge in [0.05, 0.1) is 39.2 Å². The van der Waals surface area contributed by atoms with Crippen LogP contribution in [0.25, 0.3) is 22.3 Å². The molecule has 8 rings (SSSR count). The van der Waals surface area contributed by atoms with Crippen LogP contribution in [0, 0.1) is 0 Å². The Morgan fingerprint density at radius 2 is 0.806 bits per heavy atom. The topological polar surface area (TPSA) is 92.3 Å². The summed E-state index contributed by atoms with van der Waals surface area (Å²) in [7, 11) is 5.02. The molecule has 2 unspecified atom stereocenters. The molecule has 5 aromatic carbocycles. The normalized spacial score (nSPS) is 24.0. The molecule has 0 aromatic heterocycles. The molecular formula is C62H80O10. The van der Waals surface area contributed by atoms with Crippen LogP contribution < -0.4 is 0 Å². The van der Waals surface area contributed by atoms with Gasteiger partial charge in [0.2, 0.25) is 0 Å². The van der Waals surface area contributed by atoms with E-state index in [2.05, 4.69) is 191 Å². The van der Waals surface area contributed by atoms with Gasteiger partial charge in [0.1, 0.15) is 20.4 Å². The minimum atomic E-state index is -0.547. The van der Waals surface area contributed by atoms with E-state index in [-0.39, 0.29) is 37.9 Å². The Morgan fingerprint density at radius 3 is 1.18 bits per heavy atom. The molecule has 5 aromatic rings. The van der Waals surface area contributed by atoms with E-state index >= 15 is 0 Å². The molecule has 10 heteroatoms. The van der Waals surface area contributed by atoms with Gasteiger partial charge in [-0.15, -0.1) is 0 Å². The molecule has 2 heterocycles. The lowest BCUT2D eigenvalue weighted by molar-refractivity contribution is -0.203. The third-order valence-electron chi connectivity index (χ3n) is 16.8. The lowest BCUT2D eigenvalue weighted by atomic mass is 9.70. The molecule has 0 amide bonds. The van der Waals surface area contributed by atoms with Crippen LogP contribution in [0.3, 0.4) is 0 Å². The molecule has 0 radical (unpaired) electrons. The molecular weight excluding hydrogens is 905 g/mol. The zero-order valence-electron chi connectivity index (χ0n) is 45.2. The Kier molecular flexibility index (Phi) is 16.1. The summed E-state index contributed by atoms with van der Waals surface area (Å²) in [5.74, 6) is 0.320. The average Bonchev–Trinajstić information content (AvgIpc) is 3.75. The lowest BCUT2D eigenvalue weighted by Crippen LogP contribution is -2.43. The van der Waals surface area contributed by atoms with E-state index in [0.717, 1.165) is 88.6 Å². The number of ether oxygens (including phenoxy) is 10. The summed E-state index contributed by atoms with van der Waals surface area (Å²) in [6.45, 7) is 21.7. The molecule has 2 aliphatic heterocycles.